The zero-order valence-corrected chi connectivity index (χ0v) is 21.2. The molecule has 1 saturated heterocycles. The van der Waals surface area contributed by atoms with Crippen LogP contribution >= 0.6 is 0 Å². The number of nitrogens with zero attached hydrogens (tertiary/aromatic N) is 1. The van der Waals surface area contributed by atoms with Crippen LogP contribution in [0.4, 0.5) is 0 Å². The first kappa shape index (κ1) is 26.0. The molecule has 5 atom stereocenters. The van der Waals surface area contributed by atoms with Gasteiger partial charge in [0.2, 0.25) is 5.91 Å². The molecule has 1 heterocycles. The Kier molecular flexibility index (Phi) is 7.77. The van der Waals surface area contributed by atoms with Crippen LogP contribution in [0.5, 0.6) is 11.5 Å². The number of fused-ring (bicyclic) bond motifs is 1. The normalized spacial score (nSPS) is 33.0. The molecular formula is C28H41NO6. The number of Topliss-reactive ketones (excluding diaryl/α,β-unsaturated/α-hetero) is 1. The van der Waals surface area contributed by atoms with Gasteiger partial charge in [-0.25, -0.2) is 0 Å². The van der Waals surface area contributed by atoms with Crippen molar-refractivity contribution in [3.63, 3.8) is 0 Å². The Bertz CT molecular complexity index is 928. The highest BCUT2D eigenvalue weighted by Crippen LogP contribution is 2.59. The van der Waals surface area contributed by atoms with Crippen molar-refractivity contribution >= 4 is 11.7 Å². The molecule has 3 N–H and O–H groups in total. The Hall–Kier alpha value is -2.12. The molecule has 0 aromatic heterocycles. The first-order chi connectivity index (χ1) is 16.7. The van der Waals surface area contributed by atoms with Crippen molar-refractivity contribution in [3.8, 4) is 11.5 Å². The Morgan fingerprint density at radius 2 is 1.94 bits per heavy atom. The lowest BCUT2D eigenvalue weighted by atomic mass is 9.46. The third-order valence-corrected chi connectivity index (χ3v) is 9.31. The lowest BCUT2D eigenvalue weighted by Crippen LogP contribution is -2.59. The minimum absolute atomic E-state index is 0.0815. The summed E-state index contributed by atoms with van der Waals surface area (Å²) in [6.45, 7) is 6.03. The number of hydrogen-bond donors (Lipinski definition) is 3. The van der Waals surface area contributed by atoms with Crippen LogP contribution in [0, 0.1) is 22.7 Å². The fourth-order valence-electron chi connectivity index (χ4n) is 7.05. The van der Waals surface area contributed by atoms with Crippen molar-refractivity contribution in [3.05, 3.63) is 23.8 Å². The van der Waals surface area contributed by atoms with Crippen molar-refractivity contribution < 1.29 is 29.6 Å². The maximum Gasteiger partial charge on any atom is 0.222 e. The first-order valence-electron chi connectivity index (χ1n) is 13.2. The number of phenols is 1. The smallest absolute Gasteiger partial charge is 0.222 e. The molecule has 2 aliphatic carbocycles. The molecule has 4 rings (SSSR count). The van der Waals surface area contributed by atoms with E-state index in [9.17, 15) is 24.9 Å². The van der Waals surface area contributed by atoms with Crippen LogP contribution in [0.15, 0.2) is 18.2 Å². The number of phenolic OH excluding ortho intramolecular Hbond substituents is 1. The maximum absolute atomic E-state index is 12.9. The number of amides is 1. The number of aliphatic hydroxyl groups excluding tert-OH is 2. The van der Waals surface area contributed by atoms with Crippen LogP contribution in [0.1, 0.15) is 70.8 Å². The lowest BCUT2D eigenvalue weighted by molar-refractivity contribution is -0.172. The van der Waals surface area contributed by atoms with Crippen LogP contribution in [0.2, 0.25) is 0 Å². The number of hydrogen-bond acceptors (Lipinski definition) is 6. The molecule has 1 aromatic rings. The maximum atomic E-state index is 12.9. The fraction of sp³-hybridized carbons (Fsp3) is 0.714. The van der Waals surface area contributed by atoms with Gasteiger partial charge in [-0.3, -0.25) is 9.59 Å². The SMILES string of the molecule is CC1(CO)C(O)CCC2(C)C(CCOc3ccc(CCC(=O)N4CCCC4)c(O)c3)C(=O)CCC12. The van der Waals surface area contributed by atoms with E-state index >= 15 is 0 Å². The molecule has 2 saturated carbocycles. The van der Waals surface area contributed by atoms with Crippen LogP contribution in [-0.2, 0) is 16.0 Å². The second-order valence-electron chi connectivity index (χ2n) is 11.3. The Balaban J connectivity index is 1.34. The molecule has 1 aromatic carbocycles. The van der Waals surface area contributed by atoms with E-state index in [1.54, 1.807) is 12.1 Å². The van der Waals surface area contributed by atoms with Gasteiger partial charge in [-0.05, 0) is 67.9 Å². The Morgan fingerprint density at radius 3 is 2.63 bits per heavy atom. The number of aliphatic hydroxyl groups is 2. The predicted molar refractivity (Wildman–Crippen MR) is 132 cm³/mol. The van der Waals surface area contributed by atoms with E-state index in [1.165, 1.54) is 0 Å². The van der Waals surface area contributed by atoms with Crippen molar-refractivity contribution in [1.29, 1.82) is 0 Å². The molecule has 0 spiro atoms. The number of carbonyl (C=O) groups is 2. The number of ketones is 1. The van der Waals surface area contributed by atoms with E-state index < -0.39 is 11.5 Å². The van der Waals surface area contributed by atoms with E-state index in [-0.39, 0.29) is 41.3 Å². The van der Waals surface area contributed by atoms with Gasteiger partial charge < -0.3 is 25.0 Å². The quantitative estimate of drug-likeness (QED) is 0.518. The van der Waals surface area contributed by atoms with Gasteiger partial charge in [0.1, 0.15) is 17.3 Å². The van der Waals surface area contributed by atoms with Gasteiger partial charge >= 0.3 is 0 Å². The van der Waals surface area contributed by atoms with Crippen LogP contribution in [0.25, 0.3) is 0 Å². The predicted octanol–water partition coefficient (Wildman–Crippen LogP) is 3.47. The summed E-state index contributed by atoms with van der Waals surface area (Å²) in [4.78, 5) is 27.1. The van der Waals surface area contributed by atoms with Gasteiger partial charge in [0.05, 0.1) is 19.3 Å². The standard InChI is InChI=1S/C28H41NO6/c1-27-13-11-25(33)28(2,18-30)24(27)9-8-22(31)21(27)12-16-35-20-7-5-19(23(32)17-20)6-10-26(34)29-14-3-4-15-29/h5,7,17,21,24-25,30,32-33H,3-4,6,8-16,18H2,1-2H3. The monoisotopic (exact) mass is 487 g/mol. The molecule has 3 fully saturated rings. The summed E-state index contributed by atoms with van der Waals surface area (Å²) in [6, 6.07) is 5.20. The number of aryl methyl sites for hydroxylation is 1. The number of carbonyl (C=O) groups excluding carboxylic acids is 2. The molecule has 0 bridgehead atoms. The summed E-state index contributed by atoms with van der Waals surface area (Å²) in [5.41, 5.74) is -0.139. The molecule has 3 aliphatic rings. The van der Waals surface area contributed by atoms with Gasteiger partial charge in [0.25, 0.3) is 0 Å². The van der Waals surface area contributed by atoms with E-state index in [0.717, 1.165) is 37.9 Å². The number of ether oxygens (including phenoxy) is 1. The second kappa shape index (κ2) is 10.5. The third kappa shape index (κ3) is 5.08. The summed E-state index contributed by atoms with van der Waals surface area (Å²) in [6.07, 6.45) is 5.55. The number of likely N-dealkylation sites (tertiary alicyclic amines) is 1. The first-order valence-corrected chi connectivity index (χ1v) is 13.2. The van der Waals surface area contributed by atoms with Gasteiger partial charge in [0, 0.05) is 43.3 Å². The highest BCUT2D eigenvalue weighted by molar-refractivity contribution is 5.83. The second-order valence-corrected chi connectivity index (χ2v) is 11.3. The van der Waals surface area contributed by atoms with Crippen LogP contribution in [-0.4, -0.2) is 64.3 Å². The fourth-order valence-corrected chi connectivity index (χ4v) is 7.05. The molecule has 5 unspecified atom stereocenters. The molecule has 1 aliphatic heterocycles. The summed E-state index contributed by atoms with van der Waals surface area (Å²) in [7, 11) is 0. The van der Waals surface area contributed by atoms with Crippen molar-refractivity contribution in [2.24, 2.45) is 22.7 Å². The van der Waals surface area contributed by atoms with E-state index in [0.29, 0.717) is 50.9 Å². The van der Waals surface area contributed by atoms with Crippen LogP contribution < -0.4 is 4.74 Å². The minimum Gasteiger partial charge on any atom is -0.508 e. The van der Waals surface area contributed by atoms with Crippen molar-refractivity contribution in [2.45, 2.75) is 77.7 Å². The zero-order chi connectivity index (χ0) is 25.2. The van der Waals surface area contributed by atoms with Gasteiger partial charge in [-0.15, -0.1) is 0 Å². The van der Waals surface area contributed by atoms with E-state index in [4.69, 9.17) is 4.74 Å². The number of benzene rings is 1. The lowest BCUT2D eigenvalue weighted by Gasteiger charge is -2.58. The van der Waals surface area contributed by atoms with Crippen molar-refractivity contribution in [2.75, 3.05) is 26.3 Å². The zero-order valence-electron chi connectivity index (χ0n) is 21.2. The average molecular weight is 488 g/mol. The van der Waals surface area contributed by atoms with Crippen molar-refractivity contribution in [1.82, 2.24) is 4.90 Å². The van der Waals surface area contributed by atoms with Crippen LogP contribution in [0.3, 0.4) is 0 Å². The average Bonchev–Trinajstić information content (AvgIpc) is 3.38. The Labute approximate surface area is 208 Å². The highest BCUT2D eigenvalue weighted by atomic mass is 16.5. The molecule has 194 valence electrons. The van der Waals surface area contributed by atoms with E-state index in [1.807, 2.05) is 17.9 Å². The van der Waals surface area contributed by atoms with Gasteiger partial charge in [-0.1, -0.05) is 19.9 Å². The summed E-state index contributed by atoms with van der Waals surface area (Å²) in [5.74, 6) is 0.949. The molecule has 7 heteroatoms. The third-order valence-electron chi connectivity index (χ3n) is 9.31. The summed E-state index contributed by atoms with van der Waals surface area (Å²) in [5, 5.41) is 31.2. The van der Waals surface area contributed by atoms with Gasteiger partial charge in [-0.2, -0.15) is 0 Å². The molecule has 35 heavy (non-hydrogen) atoms. The number of aromatic hydroxyl groups is 1. The molecule has 0 radical (unpaired) electrons. The largest absolute Gasteiger partial charge is 0.508 e. The molecule has 7 nitrogen and oxygen atoms in total. The minimum atomic E-state index is -0.593. The van der Waals surface area contributed by atoms with E-state index in [2.05, 4.69) is 6.92 Å². The summed E-state index contributed by atoms with van der Waals surface area (Å²) >= 11 is 0. The van der Waals surface area contributed by atoms with Gasteiger partial charge in [0.15, 0.2) is 0 Å². The molecular weight excluding hydrogens is 446 g/mol. The highest BCUT2D eigenvalue weighted by Gasteiger charge is 2.58. The Morgan fingerprint density at radius 1 is 1.20 bits per heavy atom. The number of rotatable bonds is 8. The summed E-state index contributed by atoms with van der Waals surface area (Å²) < 4.78 is 5.94. The molecule has 1 amide bonds. The topological polar surface area (TPSA) is 107 Å².